The van der Waals surface area contributed by atoms with Crippen molar-refractivity contribution in [2.45, 2.75) is 42.2 Å². The molecule has 0 amide bonds. The number of furan rings is 1. The Morgan fingerprint density at radius 2 is 2.31 bits per heavy atom. The number of methoxy groups -OCH3 is 1. The highest BCUT2D eigenvalue weighted by molar-refractivity contribution is 5.92. The monoisotopic (exact) mass is 389 g/mol. The zero-order valence-corrected chi connectivity index (χ0v) is 16.4. The Bertz CT molecular complexity index is 1090. The summed E-state index contributed by atoms with van der Waals surface area (Å²) in [5.74, 6) is 2.26. The lowest BCUT2D eigenvalue weighted by molar-refractivity contribution is -0.133. The predicted molar refractivity (Wildman–Crippen MR) is 106 cm³/mol. The summed E-state index contributed by atoms with van der Waals surface area (Å²) >= 11 is 0. The third-order valence-corrected chi connectivity index (χ3v) is 8.42. The highest BCUT2D eigenvalue weighted by Gasteiger charge is 2.80. The summed E-state index contributed by atoms with van der Waals surface area (Å²) in [5.41, 5.74) is 4.79. The predicted octanol–water partition coefficient (Wildman–Crippen LogP) is 3.46. The van der Waals surface area contributed by atoms with Crippen molar-refractivity contribution in [1.29, 1.82) is 0 Å². The lowest BCUT2D eigenvalue weighted by atomic mass is 9.57. The van der Waals surface area contributed by atoms with Crippen molar-refractivity contribution >= 4 is 5.78 Å². The van der Waals surface area contributed by atoms with Crippen LogP contribution < -0.4 is 9.47 Å². The summed E-state index contributed by atoms with van der Waals surface area (Å²) in [6, 6.07) is 4.57. The molecule has 1 saturated heterocycles. The van der Waals surface area contributed by atoms with Gasteiger partial charge in [0.05, 0.1) is 19.6 Å². The average Bonchev–Trinajstić information content (AvgIpc) is 3.44. The molecule has 0 radical (unpaired) electrons. The third kappa shape index (κ3) is 1.54. The molecular weight excluding hydrogens is 366 g/mol. The van der Waals surface area contributed by atoms with Crippen molar-refractivity contribution < 1.29 is 18.7 Å². The van der Waals surface area contributed by atoms with E-state index in [1.807, 2.05) is 18.4 Å². The first-order valence-electron chi connectivity index (χ1n) is 10.5. The Morgan fingerprint density at radius 1 is 1.41 bits per heavy atom. The quantitative estimate of drug-likeness (QED) is 0.750. The second-order valence-corrected chi connectivity index (χ2v) is 9.36. The maximum absolute atomic E-state index is 13.0. The molecule has 3 heterocycles. The van der Waals surface area contributed by atoms with Crippen LogP contribution in [0.2, 0.25) is 0 Å². The van der Waals surface area contributed by atoms with Crippen molar-refractivity contribution in [3.8, 4) is 22.6 Å². The number of Topliss-reactive ketones (excluding diaryl/α,β-unsaturated/α-hetero) is 1. The molecule has 5 unspecified atom stereocenters. The Morgan fingerprint density at radius 3 is 3.07 bits per heavy atom. The van der Waals surface area contributed by atoms with E-state index in [2.05, 4.69) is 17.5 Å². The molecule has 5 aliphatic rings. The van der Waals surface area contributed by atoms with E-state index in [9.17, 15) is 4.79 Å². The van der Waals surface area contributed by atoms with Crippen LogP contribution in [0, 0.1) is 5.92 Å². The van der Waals surface area contributed by atoms with Crippen LogP contribution in [0.3, 0.4) is 0 Å². The Kier molecular flexibility index (Phi) is 2.78. The Hall–Kier alpha value is -2.53. The van der Waals surface area contributed by atoms with Gasteiger partial charge in [-0.25, -0.2) is 0 Å². The number of rotatable bonds is 4. The van der Waals surface area contributed by atoms with Gasteiger partial charge in [0.15, 0.2) is 23.4 Å². The van der Waals surface area contributed by atoms with Crippen molar-refractivity contribution in [2.24, 2.45) is 5.92 Å². The van der Waals surface area contributed by atoms with Gasteiger partial charge < -0.3 is 13.9 Å². The second-order valence-electron chi connectivity index (χ2n) is 9.36. The average molecular weight is 389 g/mol. The normalized spacial score (nSPS) is 37.7. The topological polar surface area (TPSA) is 51.9 Å². The lowest BCUT2D eigenvalue weighted by Gasteiger charge is -2.58. The highest BCUT2D eigenvalue weighted by Crippen LogP contribution is 2.77. The highest BCUT2D eigenvalue weighted by atomic mass is 16.5. The van der Waals surface area contributed by atoms with E-state index in [4.69, 9.17) is 13.9 Å². The molecule has 7 rings (SSSR count). The SMILES string of the molecule is C=CCN1CC23CC45c6c(c(OC)cc(-c7ccoc7)c62)OC4C(=O)CCC5C13. The number of benzene rings is 1. The van der Waals surface area contributed by atoms with Crippen LogP contribution in [0.25, 0.3) is 11.1 Å². The van der Waals surface area contributed by atoms with E-state index in [1.165, 1.54) is 16.7 Å². The summed E-state index contributed by atoms with van der Waals surface area (Å²) in [6.45, 7) is 5.89. The molecule has 0 N–H and O–H groups in total. The molecule has 2 aliphatic heterocycles. The van der Waals surface area contributed by atoms with Gasteiger partial charge in [0.25, 0.3) is 0 Å². The van der Waals surface area contributed by atoms with E-state index >= 15 is 0 Å². The van der Waals surface area contributed by atoms with Gasteiger partial charge in [0.1, 0.15) is 0 Å². The minimum absolute atomic E-state index is 0.0866. The zero-order chi connectivity index (χ0) is 19.5. The number of hydrogen-bond acceptors (Lipinski definition) is 5. The fraction of sp³-hybridized carbons (Fsp3) is 0.458. The van der Waals surface area contributed by atoms with Crippen LogP contribution in [0.4, 0.5) is 0 Å². The molecule has 1 aromatic carbocycles. The number of ether oxygens (including phenoxy) is 2. The maximum atomic E-state index is 13.0. The largest absolute Gasteiger partial charge is 0.493 e. The van der Waals surface area contributed by atoms with Crippen molar-refractivity contribution in [2.75, 3.05) is 20.2 Å². The van der Waals surface area contributed by atoms with Gasteiger partial charge in [0.2, 0.25) is 0 Å². The molecule has 2 bridgehead atoms. The van der Waals surface area contributed by atoms with E-state index in [1.54, 1.807) is 13.4 Å². The van der Waals surface area contributed by atoms with Crippen LogP contribution in [-0.2, 0) is 15.6 Å². The number of nitrogens with zero attached hydrogens (tertiary/aromatic N) is 1. The van der Waals surface area contributed by atoms with Crippen molar-refractivity contribution in [1.82, 2.24) is 4.90 Å². The van der Waals surface area contributed by atoms with E-state index in [-0.39, 0.29) is 22.7 Å². The van der Waals surface area contributed by atoms with Crippen LogP contribution in [0.15, 0.2) is 41.7 Å². The number of carbonyl (C=O) groups excluding carboxylic acids is 1. The minimum Gasteiger partial charge on any atom is -0.493 e. The summed E-state index contributed by atoms with van der Waals surface area (Å²) in [5, 5.41) is 0. The number of ketones is 1. The van der Waals surface area contributed by atoms with Crippen molar-refractivity contribution in [3.63, 3.8) is 0 Å². The first-order valence-corrected chi connectivity index (χ1v) is 10.5. The molecular formula is C24H23NO4. The lowest BCUT2D eigenvalue weighted by Crippen LogP contribution is -2.68. The van der Waals surface area contributed by atoms with Gasteiger partial charge >= 0.3 is 0 Å². The molecule has 3 fully saturated rings. The van der Waals surface area contributed by atoms with Crippen molar-refractivity contribution in [3.05, 3.63) is 48.4 Å². The standard InChI is InChI=1S/C24H23NO4/c1-3-7-25-12-23-11-24-15(21(23)25)4-5-16(26)22(24)29-20-17(27-2)9-14(18(23)19(20)24)13-6-8-28-10-13/h3,6,8-10,15,21-22H,1,4-5,7,11-12H2,2H3. The maximum Gasteiger partial charge on any atom is 0.174 e. The summed E-state index contributed by atoms with van der Waals surface area (Å²) in [4.78, 5) is 15.6. The van der Waals surface area contributed by atoms with Gasteiger partial charge in [-0.3, -0.25) is 9.69 Å². The smallest absolute Gasteiger partial charge is 0.174 e. The van der Waals surface area contributed by atoms with Gasteiger partial charge in [-0.15, -0.1) is 6.58 Å². The van der Waals surface area contributed by atoms with Gasteiger partial charge in [-0.1, -0.05) is 6.08 Å². The summed E-state index contributed by atoms with van der Waals surface area (Å²) in [6.07, 6.45) is 7.76. The van der Waals surface area contributed by atoms with Gasteiger partial charge in [0, 0.05) is 47.5 Å². The molecule has 3 aliphatic carbocycles. The first-order chi connectivity index (χ1) is 14.2. The van der Waals surface area contributed by atoms with E-state index < -0.39 is 0 Å². The molecule has 5 heteroatoms. The van der Waals surface area contributed by atoms with E-state index in [0.717, 1.165) is 43.0 Å². The Labute approximate surface area is 169 Å². The minimum atomic E-state index is -0.362. The molecule has 1 aromatic heterocycles. The number of fused-ring (bicyclic) bond motifs is 1. The van der Waals surface area contributed by atoms with Crippen LogP contribution >= 0.6 is 0 Å². The molecule has 2 spiro atoms. The van der Waals surface area contributed by atoms with Crippen LogP contribution in [0.5, 0.6) is 11.5 Å². The number of likely N-dealkylation sites (tertiary alicyclic amines) is 1. The van der Waals surface area contributed by atoms with E-state index in [0.29, 0.717) is 18.4 Å². The van der Waals surface area contributed by atoms with Crippen LogP contribution in [-0.4, -0.2) is 43.0 Å². The van der Waals surface area contributed by atoms with Gasteiger partial charge in [-0.2, -0.15) is 0 Å². The zero-order valence-electron chi connectivity index (χ0n) is 16.4. The third-order valence-electron chi connectivity index (χ3n) is 8.42. The Balaban J connectivity index is 1.56. The fourth-order valence-electron chi connectivity index (χ4n) is 7.81. The molecule has 2 saturated carbocycles. The summed E-state index contributed by atoms with van der Waals surface area (Å²) < 4.78 is 17.6. The summed E-state index contributed by atoms with van der Waals surface area (Å²) in [7, 11) is 1.68. The number of hydrogen-bond donors (Lipinski definition) is 0. The fourth-order valence-corrected chi connectivity index (χ4v) is 7.81. The molecule has 5 nitrogen and oxygen atoms in total. The molecule has 2 aromatic rings. The molecule has 5 atom stereocenters. The van der Waals surface area contributed by atoms with Gasteiger partial charge in [-0.05, 0) is 42.0 Å². The first kappa shape index (κ1) is 16.3. The number of carbonyl (C=O) groups is 1. The molecule has 148 valence electrons. The molecule has 29 heavy (non-hydrogen) atoms. The second kappa shape index (κ2) is 4.96. The van der Waals surface area contributed by atoms with Crippen LogP contribution in [0.1, 0.15) is 30.4 Å².